The van der Waals surface area contributed by atoms with Crippen LogP contribution < -0.4 is 0 Å². The van der Waals surface area contributed by atoms with E-state index >= 15 is 0 Å². The highest BCUT2D eigenvalue weighted by Gasteiger charge is 2.07. The summed E-state index contributed by atoms with van der Waals surface area (Å²) in [5.74, 6) is 1.66. The summed E-state index contributed by atoms with van der Waals surface area (Å²) in [5, 5.41) is 4.00. The molecular formula is C16H19N3O2. The third kappa shape index (κ3) is 3.49. The number of hydrogen-bond acceptors (Lipinski definition) is 5. The molecule has 0 aliphatic rings. The Hall–Kier alpha value is -2.14. The van der Waals surface area contributed by atoms with Crippen LogP contribution in [0, 0.1) is 6.92 Å². The van der Waals surface area contributed by atoms with Crippen LogP contribution in [0.2, 0.25) is 0 Å². The van der Waals surface area contributed by atoms with E-state index < -0.39 is 0 Å². The highest BCUT2D eigenvalue weighted by molar-refractivity contribution is 5.72. The molecule has 0 unspecified atom stereocenters. The monoisotopic (exact) mass is 285 g/mol. The maximum Gasteiger partial charge on any atom is 0.195 e. The SMILES string of the molecule is Cc1cc(CN(C)CCCc2nc3ccccc3o2)no1. The third-order valence-corrected chi connectivity index (χ3v) is 3.38. The van der Waals surface area contributed by atoms with Crippen molar-refractivity contribution < 1.29 is 8.94 Å². The minimum Gasteiger partial charge on any atom is -0.441 e. The molecule has 0 fully saturated rings. The molecule has 0 saturated heterocycles. The summed E-state index contributed by atoms with van der Waals surface area (Å²) >= 11 is 0. The number of nitrogens with zero attached hydrogens (tertiary/aromatic N) is 3. The molecule has 0 saturated carbocycles. The van der Waals surface area contributed by atoms with E-state index in [1.807, 2.05) is 37.3 Å². The summed E-state index contributed by atoms with van der Waals surface area (Å²) in [6.07, 6.45) is 1.84. The Kier molecular flexibility index (Phi) is 4.01. The van der Waals surface area contributed by atoms with Crippen molar-refractivity contribution in [3.63, 3.8) is 0 Å². The van der Waals surface area contributed by atoms with E-state index in [9.17, 15) is 0 Å². The average molecular weight is 285 g/mol. The third-order valence-electron chi connectivity index (χ3n) is 3.38. The first-order valence-electron chi connectivity index (χ1n) is 7.16. The van der Waals surface area contributed by atoms with Crippen LogP contribution in [0.5, 0.6) is 0 Å². The second-order valence-corrected chi connectivity index (χ2v) is 5.35. The molecule has 0 N–H and O–H groups in total. The molecule has 0 atom stereocenters. The van der Waals surface area contributed by atoms with Gasteiger partial charge >= 0.3 is 0 Å². The fraction of sp³-hybridized carbons (Fsp3) is 0.375. The van der Waals surface area contributed by atoms with E-state index in [4.69, 9.17) is 8.94 Å². The number of rotatable bonds is 6. The van der Waals surface area contributed by atoms with E-state index in [0.717, 1.165) is 54.4 Å². The van der Waals surface area contributed by atoms with E-state index in [1.165, 1.54) is 0 Å². The zero-order valence-corrected chi connectivity index (χ0v) is 12.4. The Morgan fingerprint density at radius 3 is 2.86 bits per heavy atom. The van der Waals surface area contributed by atoms with Crippen molar-refractivity contribution in [1.29, 1.82) is 0 Å². The van der Waals surface area contributed by atoms with Crippen molar-refractivity contribution in [2.24, 2.45) is 0 Å². The van der Waals surface area contributed by atoms with Gasteiger partial charge in [0.15, 0.2) is 11.5 Å². The van der Waals surface area contributed by atoms with Gasteiger partial charge in [0.1, 0.15) is 11.3 Å². The highest BCUT2D eigenvalue weighted by atomic mass is 16.5. The van der Waals surface area contributed by atoms with Gasteiger partial charge < -0.3 is 13.8 Å². The van der Waals surface area contributed by atoms with E-state index in [0.29, 0.717) is 0 Å². The topological polar surface area (TPSA) is 55.3 Å². The maximum atomic E-state index is 5.71. The van der Waals surface area contributed by atoms with Crippen molar-refractivity contribution in [1.82, 2.24) is 15.0 Å². The fourth-order valence-electron chi connectivity index (χ4n) is 2.38. The molecule has 5 heteroatoms. The number of aromatic nitrogens is 2. The van der Waals surface area contributed by atoms with Crippen molar-refractivity contribution in [3.05, 3.63) is 47.7 Å². The normalized spacial score (nSPS) is 11.6. The second-order valence-electron chi connectivity index (χ2n) is 5.35. The van der Waals surface area contributed by atoms with Crippen LogP contribution in [0.3, 0.4) is 0 Å². The number of oxazole rings is 1. The van der Waals surface area contributed by atoms with Crippen LogP contribution in [0.25, 0.3) is 11.1 Å². The molecule has 3 aromatic rings. The number of fused-ring (bicyclic) bond motifs is 1. The minimum atomic E-state index is 0.797. The molecule has 0 bridgehead atoms. The van der Waals surface area contributed by atoms with Crippen molar-refractivity contribution in [2.45, 2.75) is 26.3 Å². The van der Waals surface area contributed by atoms with E-state index in [-0.39, 0.29) is 0 Å². The quantitative estimate of drug-likeness (QED) is 0.696. The number of para-hydroxylation sites is 2. The Labute approximate surface area is 123 Å². The van der Waals surface area contributed by atoms with Crippen molar-refractivity contribution in [2.75, 3.05) is 13.6 Å². The Bertz CT molecular complexity index is 684. The first kappa shape index (κ1) is 13.8. The van der Waals surface area contributed by atoms with Gasteiger partial charge in [-0.1, -0.05) is 17.3 Å². The number of benzene rings is 1. The minimum absolute atomic E-state index is 0.797. The van der Waals surface area contributed by atoms with E-state index in [1.54, 1.807) is 0 Å². The standard InChI is InChI=1S/C16H19N3O2/c1-12-10-13(18-21-12)11-19(2)9-5-8-16-17-14-6-3-4-7-15(14)20-16/h3-4,6-7,10H,5,8-9,11H2,1-2H3. The lowest BCUT2D eigenvalue weighted by atomic mass is 10.3. The molecule has 1 aromatic carbocycles. The average Bonchev–Trinajstić information content (AvgIpc) is 3.04. The molecule has 3 rings (SSSR count). The molecule has 5 nitrogen and oxygen atoms in total. The summed E-state index contributed by atoms with van der Waals surface area (Å²) in [7, 11) is 2.08. The maximum absolute atomic E-state index is 5.71. The molecule has 2 aromatic heterocycles. The highest BCUT2D eigenvalue weighted by Crippen LogP contribution is 2.15. The van der Waals surface area contributed by atoms with Gasteiger partial charge in [-0.25, -0.2) is 4.98 Å². The lowest BCUT2D eigenvalue weighted by Crippen LogP contribution is -2.19. The molecule has 2 heterocycles. The van der Waals surface area contributed by atoms with Gasteiger partial charge in [0.2, 0.25) is 0 Å². The fourth-order valence-corrected chi connectivity index (χ4v) is 2.38. The first-order chi connectivity index (χ1) is 10.2. The van der Waals surface area contributed by atoms with Crippen LogP contribution in [0.1, 0.15) is 23.8 Å². The summed E-state index contributed by atoms with van der Waals surface area (Å²) in [6, 6.07) is 9.83. The zero-order valence-electron chi connectivity index (χ0n) is 12.4. The Morgan fingerprint density at radius 2 is 2.10 bits per heavy atom. The molecule has 0 radical (unpaired) electrons. The summed E-state index contributed by atoms with van der Waals surface area (Å²) in [5.41, 5.74) is 2.76. The van der Waals surface area contributed by atoms with Gasteiger partial charge in [0.05, 0.1) is 5.69 Å². The summed E-state index contributed by atoms with van der Waals surface area (Å²) in [4.78, 5) is 6.71. The van der Waals surface area contributed by atoms with Gasteiger partial charge in [-0.3, -0.25) is 0 Å². The zero-order chi connectivity index (χ0) is 14.7. The molecule has 21 heavy (non-hydrogen) atoms. The lowest BCUT2D eigenvalue weighted by Gasteiger charge is -2.13. The van der Waals surface area contributed by atoms with Gasteiger partial charge in [-0.15, -0.1) is 0 Å². The smallest absolute Gasteiger partial charge is 0.195 e. The summed E-state index contributed by atoms with van der Waals surface area (Å²) < 4.78 is 10.8. The second kappa shape index (κ2) is 6.10. The molecule has 110 valence electrons. The molecule has 0 spiro atoms. The predicted octanol–water partition coefficient (Wildman–Crippen LogP) is 3.19. The van der Waals surface area contributed by atoms with Gasteiger partial charge in [0.25, 0.3) is 0 Å². The van der Waals surface area contributed by atoms with Crippen LogP contribution in [-0.2, 0) is 13.0 Å². The number of aryl methyl sites for hydroxylation is 2. The summed E-state index contributed by atoms with van der Waals surface area (Å²) in [6.45, 7) is 3.67. The van der Waals surface area contributed by atoms with Crippen LogP contribution in [0.4, 0.5) is 0 Å². The molecule has 0 aliphatic carbocycles. The van der Waals surface area contributed by atoms with Crippen LogP contribution in [0.15, 0.2) is 39.3 Å². The van der Waals surface area contributed by atoms with E-state index in [2.05, 4.69) is 22.1 Å². The number of hydrogen-bond donors (Lipinski definition) is 0. The largest absolute Gasteiger partial charge is 0.441 e. The Balaban J connectivity index is 1.49. The first-order valence-corrected chi connectivity index (χ1v) is 7.16. The van der Waals surface area contributed by atoms with Gasteiger partial charge in [-0.05, 0) is 39.1 Å². The van der Waals surface area contributed by atoms with Crippen LogP contribution >= 0.6 is 0 Å². The molecular weight excluding hydrogens is 266 g/mol. The Morgan fingerprint density at radius 1 is 1.24 bits per heavy atom. The van der Waals surface area contributed by atoms with Crippen molar-refractivity contribution in [3.8, 4) is 0 Å². The lowest BCUT2D eigenvalue weighted by molar-refractivity contribution is 0.302. The molecule has 0 aliphatic heterocycles. The van der Waals surface area contributed by atoms with Gasteiger partial charge in [0, 0.05) is 19.0 Å². The van der Waals surface area contributed by atoms with Crippen molar-refractivity contribution >= 4 is 11.1 Å². The van der Waals surface area contributed by atoms with Crippen LogP contribution in [-0.4, -0.2) is 28.6 Å². The predicted molar refractivity (Wildman–Crippen MR) is 79.9 cm³/mol. The van der Waals surface area contributed by atoms with Gasteiger partial charge in [-0.2, -0.15) is 0 Å². The molecule has 0 amide bonds.